The minimum Gasteiger partial charge on any atom is -0.356 e. The highest BCUT2D eigenvalue weighted by Crippen LogP contribution is 2.25. The fourth-order valence-corrected chi connectivity index (χ4v) is 3.48. The zero-order chi connectivity index (χ0) is 20.0. The summed E-state index contributed by atoms with van der Waals surface area (Å²) in [7, 11) is -3.68. The number of nitrogens with two attached hydrogens (primary N) is 1. The van der Waals surface area contributed by atoms with E-state index in [0.717, 1.165) is 11.1 Å². The number of nitrogens with one attached hydrogen (secondary N) is 1. The van der Waals surface area contributed by atoms with Crippen molar-refractivity contribution >= 4 is 15.9 Å². The highest BCUT2D eigenvalue weighted by Gasteiger charge is 2.23. The number of primary sulfonamides is 1. The molecule has 1 atom stereocenters. The normalized spacial score (nSPS) is 12.8. The van der Waals surface area contributed by atoms with E-state index in [0.29, 0.717) is 19.4 Å². The first-order valence-corrected chi connectivity index (χ1v) is 10.4. The largest absolute Gasteiger partial charge is 0.356 e. The maximum absolute atomic E-state index is 13.1. The summed E-state index contributed by atoms with van der Waals surface area (Å²) in [6, 6.07) is 12.4. The molecule has 0 radical (unpaired) electrons. The third-order valence-electron chi connectivity index (χ3n) is 4.37. The van der Waals surface area contributed by atoms with Crippen molar-refractivity contribution in [2.75, 3.05) is 6.54 Å². The maximum atomic E-state index is 13.1. The van der Waals surface area contributed by atoms with Crippen LogP contribution in [0.3, 0.4) is 0 Å². The van der Waals surface area contributed by atoms with Crippen LogP contribution in [0.25, 0.3) is 0 Å². The van der Waals surface area contributed by atoms with Crippen molar-refractivity contribution < 1.29 is 17.6 Å². The van der Waals surface area contributed by atoms with Gasteiger partial charge < -0.3 is 5.32 Å². The van der Waals surface area contributed by atoms with Gasteiger partial charge in [-0.05, 0) is 54.2 Å². The van der Waals surface area contributed by atoms with E-state index < -0.39 is 10.0 Å². The summed E-state index contributed by atoms with van der Waals surface area (Å²) < 4.78 is 35.6. The molecule has 0 aliphatic heterocycles. The molecule has 146 valence electrons. The molecule has 0 heterocycles. The molecule has 0 saturated carbocycles. The number of carbonyl (C=O) groups excluding carboxylic acids is 1. The van der Waals surface area contributed by atoms with Crippen LogP contribution in [0.1, 0.15) is 37.3 Å². The Labute approximate surface area is 159 Å². The molecular formula is C20H25FN2O3S. The van der Waals surface area contributed by atoms with Crippen LogP contribution in [0.15, 0.2) is 53.4 Å². The van der Waals surface area contributed by atoms with Crippen LogP contribution < -0.4 is 10.5 Å². The summed E-state index contributed by atoms with van der Waals surface area (Å²) in [6.45, 7) is 4.42. The van der Waals surface area contributed by atoms with E-state index in [1.165, 1.54) is 24.3 Å². The standard InChI is InChI=1S/C20H25FN2O3S/c1-14(2)19(16-7-9-17(21)10-8-16)20(24)23-13-3-4-15-5-11-18(12-6-15)27(22,25)26/h5-12,14,19H,3-4,13H2,1-2H3,(H,23,24)(H2,22,25,26). The molecule has 1 unspecified atom stereocenters. The minimum absolute atomic E-state index is 0.0821. The summed E-state index contributed by atoms with van der Waals surface area (Å²) >= 11 is 0. The second-order valence-electron chi connectivity index (χ2n) is 6.86. The number of hydrogen-bond acceptors (Lipinski definition) is 3. The van der Waals surface area contributed by atoms with Crippen LogP contribution in [0.4, 0.5) is 4.39 Å². The highest BCUT2D eigenvalue weighted by molar-refractivity contribution is 7.89. The van der Waals surface area contributed by atoms with Gasteiger partial charge in [0.15, 0.2) is 0 Å². The first-order valence-electron chi connectivity index (χ1n) is 8.83. The second-order valence-corrected chi connectivity index (χ2v) is 8.42. The lowest BCUT2D eigenvalue weighted by Gasteiger charge is -2.20. The van der Waals surface area contributed by atoms with Gasteiger partial charge in [-0.25, -0.2) is 17.9 Å². The Bertz CT molecular complexity index is 863. The van der Waals surface area contributed by atoms with Crippen molar-refractivity contribution in [1.29, 1.82) is 0 Å². The Morgan fingerprint density at radius 3 is 2.19 bits per heavy atom. The predicted molar refractivity (Wildman–Crippen MR) is 103 cm³/mol. The average molecular weight is 392 g/mol. The third kappa shape index (κ3) is 6.15. The number of sulfonamides is 1. The fraction of sp³-hybridized carbons (Fsp3) is 0.350. The summed E-state index contributed by atoms with van der Waals surface area (Å²) in [5.74, 6) is -0.655. The van der Waals surface area contributed by atoms with Crippen molar-refractivity contribution in [3.8, 4) is 0 Å². The van der Waals surface area contributed by atoms with Crippen molar-refractivity contribution in [2.24, 2.45) is 11.1 Å². The van der Waals surface area contributed by atoms with Crippen molar-refractivity contribution in [1.82, 2.24) is 5.32 Å². The predicted octanol–water partition coefficient (Wildman–Crippen LogP) is 2.96. The van der Waals surface area contributed by atoms with E-state index in [2.05, 4.69) is 5.32 Å². The van der Waals surface area contributed by atoms with Gasteiger partial charge in [-0.2, -0.15) is 0 Å². The molecule has 0 fully saturated rings. The van der Waals surface area contributed by atoms with Gasteiger partial charge in [-0.3, -0.25) is 4.79 Å². The summed E-state index contributed by atoms with van der Waals surface area (Å²) in [6.07, 6.45) is 1.42. The van der Waals surface area contributed by atoms with E-state index in [9.17, 15) is 17.6 Å². The molecule has 2 rings (SSSR count). The molecule has 3 N–H and O–H groups in total. The van der Waals surface area contributed by atoms with Gasteiger partial charge in [0.25, 0.3) is 0 Å². The molecule has 2 aromatic rings. The number of benzene rings is 2. The third-order valence-corrected chi connectivity index (χ3v) is 5.30. The Balaban J connectivity index is 1.88. The monoisotopic (exact) mass is 392 g/mol. The summed E-state index contributed by atoms with van der Waals surface area (Å²) in [4.78, 5) is 12.6. The number of halogens is 1. The van der Waals surface area contributed by atoms with Crippen LogP contribution in [0.5, 0.6) is 0 Å². The van der Waals surface area contributed by atoms with Crippen LogP contribution in [0, 0.1) is 11.7 Å². The van der Waals surface area contributed by atoms with E-state index in [-0.39, 0.29) is 28.5 Å². The average Bonchev–Trinajstić information content (AvgIpc) is 2.60. The molecule has 5 nitrogen and oxygen atoms in total. The van der Waals surface area contributed by atoms with Crippen LogP contribution in [-0.4, -0.2) is 20.9 Å². The van der Waals surface area contributed by atoms with E-state index in [4.69, 9.17) is 5.14 Å². The summed E-state index contributed by atoms with van der Waals surface area (Å²) in [5, 5.41) is 8.01. The highest BCUT2D eigenvalue weighted by atomic mass is 32.2. The van der Waals surface area contributed by atoms with Crippen LogP contribution >= 0.6 is 0 Å². The molecule has 0 saturated heterocycles. The first-order chi connectivity index (χ1) is 12.7. The summed E-state index contributed by atoms with van der Waals surface area (Å²) in [5.41, 5.74) is 1.76. The molecule has 0 spiro atoms. The molecular weight excluding hydrogens is 367 g/mol. The first kappa shape index (κ1) is 21.1. The van der Waals surface area contributed by atoms with Gasteiger partial charge in [-0.1, -0.05) is 38.1 Å². The fourth-order valence-electron chi connectivity index (χ4n) is 2.97. The molecule has 7 heteroatoms. The number of rotatable bonds is 8. The van der Waals surface area contributed by atoms with E-state index >= 15 is 0 Å². The van der Waals surface area contributed by atoms with Gasteiger partial charge in [0.05, 0.1) is 10.8 Å². The molecule has 2 aromatic carbocycles. The number of carbonyl (C=O) groups is 1. The van der Waals surface area contributed by atoms with Crippen LogP contribution in [-0.2, 0) is 21.2 Å². The lowest BCUT2D eigenvalue weighted by Crippen LogP contribution is -2.32. The van der Waals surface area contributed by atoms with Gasteiger partial charge in [0.2, 0.25) is 15.9 Å². The van der Waals surface area contributed by atoms with Crippen molar-refractivity contribution in [2.45, 2.75) is 37.5 Å². The minimum atomic E-state index is -3.68. The van der Waals surface area contributed by atoms with E-state index in [1.807, 2.05) is 13.8 Å². The second kappa shape index (κ2) is 9.10. The Hall–Kier alpha value is -2.25. The van der Waals surface area contributed by atoms with Crippen molar-refractivity contribution in [3.05, 3.63) is 65.5 Å². The number of aryl methyl sites for hydroxylation is 1. The molecule has 27 heavy (non-hydrogen) atoms. The molecule has 0 aromatic heterocycles. The molecule has 1 amide bonds. The van der Waals surface area contributed by atoms with E-state index in [1.54, 1.807) is 24.3 Å². The SMILES string of the molecule is CC(C)C(C(=O)NCCCc1ccc(S(N)(=O)=O)cc1)c1ccc(F)cc1. The lowest BCUT2D eigenvalue weighted by atomic mass is 9.87. The Morgan fingerprint density at radius 1 is 1.07 bits per heavy atom. The molecule has 0 aliphatic rings. The quantitative estimate of drug-likeness (QED) is 0.677. The molecule has 0 aliphatic carbocycles. The number of hydrogen-bond donors (Lipinski definition) is 2. The van der Waals surface area contributed by atoms with Gasteiger partial charge in [-0.15, -0.1) is 0 Å². The van der Waals surface area contributed by atoms with Gasteiger partial charge >= 0.3 is 0 Å². The zero-order valence-corrected chi connectivity index (χ0v) is 16.3. The number of amides is 1. The molecule has 0 bridgehead atoms. The Kier molecular flexibility index (Phi) is 7.10. The Morgan fingerprint density at radius 2 is 1.67 bits per heavy atom. The zero-order valence-electron chi connectivity index (χ0n) is 15.5. The smallest absolute Gasteiger partial charge is 0.238 e. The van der Waals surface area contributed by atoms with Gasteiger partial charge in [0.1, 0.15) is 5.82 Å². The van der Waals surface area contributed by atoms with Crippen molar-refractivity contribution in [3.63, 3.8) is 0 Å². The maximum Gasteiger partial charge on any atom is 0.238 e. The topological polar surface area (TPSA) is 89.3 Å². The van der Waals surface area contributed by atoms with Crippen LogP contribution in [0.2, 0.25) is 0 Å². The lowest BCUT2D eigenvalue weighted by molar-refractivity contribution is -0.123. The van der Waals surface area contributed by atoms with Gasteiger partial charge in [0, 0.05) is 6.54 Å².